The highest BCUT2D eigenvalue weighted by Gasteiger charge is 2.28. The van der Waals surface area contributed by atoms with Crippen molar-refractivity contribution in [3.05, 3.63) is 69.8 Å². The normalized spacial score (nSPS) is 14.0. The van der Waals surface area contributed by atoms with E-state index in [4.69, 9.17) is 12.2 Å². The van der Waals surface area contributed by atoms with E-state index in [-0.39, 0.29) is 17.3 Å². The Hall–Kier alpha value is -3.11. The molecule has 10 heteroatoms. The van der Waals surface area contributed by atoms with E-state index in [0.717, 1.165) is 5.01 Å². The van der Waals surface area contributed by atoms with Gasteiger partial charge in [0.1, 0.15) is 0 Å². The minimum Gasteiger partial charge on any atom is -0.272 e. The molecule has 0 spiro atoms. The lowest BCUT2D eigenvalue weighted by Crippen LogP contribution is -2.45. The molecule has 0 aromatic heterocycles. The van der Waals surface area contributed by atoms with E-state index in [0.29, 0.717) is 21.1 Å². The third kappa shape index (κ3) is 4.54. The van der Waals surface area contributed by atoms with E-state index >= 15 is 0 Å². The molecule has 3 rings (SSSR count). The van der Waals surface area contributed by atoms with Crippen LogP contribution in [-0.4, -0.2) is 38.0 Å². The van der Waals surface area contributed by atoms with E-state index < -0.39 is 10.8 Å². The molecule has 0 radical (unpaired) electrons. The number of carbonyl (C=O) groups is 2. The Balaban J connectivity index is 1.64. The summed E-state index contributed by atoms with van der Waals surface area (Å²) in [6.45, 7) is 0. The van der Waals surface area contributed by atoms with Crippen LogP contribution in [0.3, 0.4) is 0 Å². The second-order valence-corrected chi connectivity index (χ2v) is 6.99. The monoisotopic (exact) mass is 400 g/mol. The number of rotatable bonds is 5. The zero-order chi connectivity index (χ0) is 19.4. The maximum absolute atomic E-state index is 12.2. The number of nitrogens with zero attached hydrogens (tertiary/aromatic N) is 3. The average Bonchev–Trinajstić information content (AvgIpc) is 2.99. The number of hydrogen-bond donors (Lipinski definition) is 1. The van der Waals surface area contributed by atoms with Crippen LogP contribution in [0.15, 0.2) is 53.5 Å². The van der Waals surface area contributed by atoms with Gasteiger partial charge in [-0.25, -0.2) is 5.01 Å². The Morgan fingerprint density at radius 3 is 2.44 bits per heavy atom. The second kappa shape index (κ2) is 8.06. The molecule has 1 fully saturated rings. The third-order valence-electron chi connectivity index (χ3n) is 3.56. The van der Waals surface area contributed by atoms with E-state index in [2.05, 4.69) is 10.4 Å². The zero-order valence-electron chi connectivity index (χ0n) is 13.7. The Bertz CT molecular complexity index is 926. The molecule has 27 heavy (non-hydrogen) atoms. The number of carbonyl (C=O) groups excluding carboxylic acids is 2. The van der Waals surface area contributed by atoms with Crippen LogP contribution in [0.4, 0.5) is 11.4 Å². The fourth-order valence-electron chi connectivity index (χ4n) is 2.16. The molecule has 8 nitrogen and oxygen atoms in total. The van der Waals surface area contributed by atoms with Crippen LogP contribution in [-0.2, 0) is 4.79 Å². The molecule has 1 aliphatic rings. The molecule has 2 amide bonds. The fraction of sp³-hybridized carbons (Fsp3) is 0.0588. The van der Waals surface area contributed by atoms with Crippen molar-refractivity contribution in [1.29, 1.82) is 0 Å². The van der Waals surface area contributed by atoms with Gasteiger partial charge in [-0.3, -0.25) is 30.1 Å². The summed E-state index contributed by atoms with van der Waals surface area (Å²) in [6.07, 6.45) is 1.57. The molecular formula is C17H12N4O4S2. The van der Waals surface area contributed by atoms with Crippen molar-refractivity contribution in [1.82, 2.24) is 10.4 Å². The van der Waals surface area contributed by atoms with Crippen LogP contribution in [0.2, 0.25) is 0 Å². The second-order valence-electron chi connectivity index (χ2n) is 5.38. The van der Waals surface area contributed by atoms with Gasteiger partial charge in [0.25, 0.3) is 17.5 Å². The number of nitrogens with one attached hydrogen (secondary N) is 1. The molecule has 1 N–H and O–H groups in total. The molecule has 0 bridgehead atoms. The molecule has 136 valence electrons. The topological polar surface area (TPSA) is 105 Å². The summed E-state index contributed by atoms with van der Waals surface area (Å²) < 4.78 is 0.317. The van der Waals surface area contributed by atoms with E-state index in [9.17, 15) is 19.7 Å². The van der Waals surface area contributed by atoms with Gasteiger partial charge in [0.2, 0.25) is 0 Å². The highest BCUT2D eigenvalue weighted by molar-refractivity contribution is 8.23. The lowest BCUT2D eigenvalue weighted by molar-refractivity contribution is -0.384. The molecule has 1 saturated heterocycles. The standard InChI is InChI=1S/C17H12N4O4S2/c22-15-10-27-17(26)20(15)19-16(23)12-3-5-13(6-4-12)18-9-11-1-7-14(8-2-11)21(24)25/h1-9H,10H2,(H,19,23). The van der Waals surface area contributed by atoms with Gasteiger partial charge in [0, 0.05) is 23.9 Å². The van der Waals surface area contributed by atoms with Crippen LogP contribution in [0.5, 0.6) is 0 Å². The highest BCUT2D eigenvalue weighted by Crippen LogP contribution is 2.18. The Kier molecular flexibility index (Phi) is 5.57. The third-order valence-corrected chi connectivity index (χ3v) is 4.92. The minimum absolute atomic E-state index is 0.0110. The molecule has 2 aromatic carbocycles. The number of hydrazine groups is 1. The van der Waals surface area contributed by atoms with Crippen molar-refractivity contribution >= 4 is 57.7 Å². The summed E-state index contributed by atoms with van der Waals surface area (Å²) in [4.78, 5) is 38.3. The summed E-state index contributed by atoms with van der Waals surface area (Å²) in [7, 11) is 0. The van der Waals surface area contributed by atoms with E-state index in [1.807, 2.05) is 0 Å². The van der Waals surface area contributed by atoms with Crippen LogP contribution in [0, 0.1) is 10.1 Å². The fourth-order valence-corrected chi connectivity index (χ4v) is 3.14. The maximum atomic E-state index is 12.2. The Morgan fingerprint density at radius 2 is 1.89 bits per heavy atom. The lowest BCUT2D eigenvalue weighted by atomic mass is 10.2. The summed E-state index contributed by atoms with van der Waals surface area (Å²) in [5, 5.41) is 11.7. The molecule has 0 saturated carbocycles. The number of thiocarbonyl (C=S) groups is 1. The number of nitro benzene ring substituents is 1. The van der Waals surface area contributed by atoms with Crippen LogP contribution in [0.25, 0.3) is 0 Å². The van der Waals surface area contributed by atoms with Gasteiger partial charge in [-0.2, -0.15) is 0 Å². The van der Waals surface area contributed by atoms with E-state index in [1.165, 1.54) is 23.9 Å². The number of benzene rings is 2. The van der Waals surface area contributed by atoms with Crippen LogP contribution >= 0.6 is 24.0 Å². The summed E-state index contributed by atoms with van der Waals surface area (Å²) in [5.41, 5.74) is 4.16. The van der Waals surface area contributed by atoms with Gasteiger partial charge in [-0.15, -0.1) is 0 Å². The maximum Gasteiger partial charge on any atom is 0.270 e. The van der Waals surface area contributed by atoms with Crippen molar-refractivity contribution in [2.75, 3.05) is 5.75 Å². The first-order chi connectivity index (χ1) is 12.9. The lowest BCUT2D eigenvalue weighted by Gasteiger charge is -2.15. The number of hydrogen-bond acceptors (Lipinski definition) is 7. The first kappa shape index (κ1) is 18.7. The number of non-ortho nitro benzene ring substituents is 1. The Morgan fingerprint density at radius 1 is 1.22 bits per heavy atom. The van der Waals surface area contributed by atoms with Crippen LogP contribution < -0.4 is 5.43 Å². The average molecular weight is 400 g/mol. The molecule has 0 unspecified atom stereocenters. The summed E-state index contributed by atoms with van der Waals surface area (Å²) in [5.74, 6) is -0.489. The van der Waals surface area contributed by atoms with E-state index in [1.54, 1.807) is 42.6 Å². The Labute approximate surface area is 163 Å². The molecular weight excluding hydrogens is 388 g/mol. The number of nitro groups is 1. The predicted molar refractivity (Wildman–Crippen MR) is 106 cm³/mol. The quantitative estimate of drug-likeness (QED) is 0.358. The van der Waals surface area contributed by atoms with Gasteiger partial charge in [-0.05, 0) is 42.0 Å². The molecule has 0 aliphatic carbocycles. The van der Waals surface area contributed by atoms with Gasteiger partial charge in [-0.1, -0.05) is 24.0 Å². The van der Waals surface area contributed by atoms with Gasteiger partial charge in [0.15, 0.2) is 4.32 Å². The zero-order valence-corrected chi connectivity index (χ0v) is 15.3. The van der Waals surface area contributed by atoms with Crippen molar-refractivity contribution in [2.45, 2.75) is 0 Å². The first-order valence-corrected chi connectivity index (χ1v) is 9.03. The number of thioether (sulfide) groups is 1. The van der Waals surface area contributed by atoms with Crippen molar-refractivity contribution in [3.8, 4) is 0 Å². The molecule has 2 aromatic rings. The largest absolute Gasteiger partial charge is 0.272 e. The SMILES string of the molecule is O=C(NN1C(=O)CSC1=S)c1ccc(N=Cc2ccc([N+](=O)[O-])cc2)cc1. The predicted octanol–water partition coefficient (Wildman–Crippen LogP) is 2.85. The highest BCUT2D eigenvalue weighted by atomic mass is 32.2. The van der Waals surface area contributed by atoms with Gasteiger partial charge in [0.05, 0.1) is 16.4 Å². The van der Waals surface area contributed by atoms with Crippen molar-refractivity contribution in [2.24, 2.45) is 4.99 Å². The van der Waals surface area contributed by atoms with Crippen molar-refractivity contribution < 1.29 is 14.5 Å². The summed E-state index contributed by atoms with van der Waals surface area (Å²) in [6, 6.07) is 12.4. The van der Waals surface area contributed by atoms with Gasteiger partial charge >= 0.3 is 0 Å². The van der Waals surface area contributed by atoms with Crippen molar-refractivity contribution in [3.63, 3.8) is 0 Å². The minimum atomic E-state index is -0.466. The van der Waals surface area contributed by atoms with Crippen LogP contribution in [0.1, 0.15) is 15.9 Å². The summed E-state index contributed by atoms with van der Waals surface area (Å²) >= 11 is 6.20. The first-order valence-electron chi connectivity index (χ1n) is 7.63. The number of aliphatic imine (C=N–C) groups is 1. The van der Waals surface area contributed by atoms with Gasteiger partial charge < -0.3 is 0 Å². The molecule has 1 heterocycles. The smallest absolute Gasteiger partial charge is 0.270 e. The number of amides is 2. The molecule has 1 aliphatic heterocycles. The molecule has 0 atom stereocenters.